The molecular weight excluding hydrogens is 338 g/mol. The molecule has 1 saturated heterocycles. The molecule has 0 radical (unpaired) electrons. The zero-order chi connectivity index (χ0) is 18.0. The van der Waals surface area contributed by atoms with Crippen molar-refractivity contribution in [1.82, 2.24) is 5.32 Å². The first-order valence-electron chi connectivity index (χ1n) is 8.14. The van der Waals surface area contributed by atoms with Gasteiger partial charge < -0.3 is 15.5 Å². The summed E-state index contributed by atoms with van der Waals surface area (Å²) in [7, 11) is 0. The summed E-state index contributed by atoms with van der Waals surface area (Å²) < 4.78 is 0. The summed E-state index contributed by atoms with van der Waals surface area (Å²) in [6.45, 7) is 5.45. The number of benzene rings is 2. The lowest BCUT2D eigenvalue weighted by atomic mass is 10.0. The smallest absolute Gasteiger partial charge is 0.255 e. The van der Waals surface area contributed by atoms with Crippen molar-refractivity contribution in [3.05, 3.63) is 58.1 Å². The summed E-state index contributed by atoms with van der Waals surface area (Å²) in [6.07, 6.45) is 0. The largest absolute Gasteiger partial charge is 0.359 e. The second-order valence-corrected chi connectivity index (χ2v) is 6.62. The van der Waals surface area contributed by atoms with Crippen LogP contribution in [0.5, 0.6) is 0 Å². The topological polar surface area (TPSA) is 61.4 Å². The van der Waals surface area contributed by atoms with E-state index >= 15 is 0 Å². The number of carbonyl (C=O) groups is 2. The molecule has 25 heavy (non-hydrogen) atoms. The number of hydrogen-bond acceptors (Lipinski definition) is 3. The van der Waals surface area contributed by atoms with Gasteiger partial charge in [0.2, 0.25) is 5.91 Å². The fourth-order valence-electron chi connectivity index (χ4n) is 2.86. The molecule has 5 nitrogen and oxygen atoms in total. The number of rotatable bonds is 3. The number of aryl methyl sites for hydroxylation is 2. The highest BCUT2D eigenvalue weighted by Crippen LogP contribution is 2.29. The van der Waals surface area contributed by atoms with Gasteiger partial charge in [-0.05, 0) is 43.7 Å². The Morgan fingerprint density at radius 3 is 2.72 bits per heavy atom. The van der Waals surface area contributed by atoms with Crippen LogP contribution in [0.2, 0.25) is 5.02 Å². The van der Waals surface area contributed by atoms with Gasteiger partial charge in [0.1, 0.15) is 0 Å². The molecule has 0 saturated carbocycles. The summed E-state index contributed by atoms with van der Waals surface area (Å²) in [4.78, 5) is 26.0. The van der Waals surface area contributed by atoms with E-state index in [4.69, 9.17) is 11.6 Å². The molecule has 1 aliphatic rings. The fraction of sp³-hybridized carbons (Fsp3) is 0.263. The zero-order valence-electron chi connectivity index (χ0n) is 14.2. The van der Waals surface area contributed by atoms with E-state index in [1.165, 1.54) is 0 Å². The number of nitrogens with one attached hydrogen (secondary N) is 2. The van der Waals surface area contributed by atoms with Gasteiger partial charge in [0.25, 0.3) is 5.91 Å². The van der Waals surface area contributed by atoms with Gasteiger partial charge in [-0.1, -0.05) is 29.3 Å². The van der Waals surface area contributed by atoms with Gasteiger partial charge in [-0.15, -0.1) is 0 Å². The van der Waals surface area contributed by atoms with Gasteiger partial charge in [0, 0.05) is 24.3 Å². The maximum absolute atomic E-state index is 12.5. The molecule has 2 amide bonds. The molecule has 0 spiro atoms. The molecule has 2 N–H and O–H groups in total. The van der Waals surface area contributed by atoms with E-state index in [-0.39, 0.29) is 18.4 Å². The highest BCUT2D eigenvalue weighted by molar-refractivity contribution is 6.33. The van der Waals surface area contributed by atoms with Crippen molar-refractivity contribution in [3.8, 4) is 0 Å². The molecule has 0 bridgehead atoms. The van der Waals surface area contributed by atoms with E-state index in [1.807, 2.05) is 43.0 Å². The minimum atomic E-state index is -0.164. The zero-order valence-corrected chi connectivity index (χ0v) is 15.0. The highest BCUT2D eigenvalue weighted by atomic mass is 35.5. The average molecular weight is 358 g/mol. The van der Waals surface area contributed by atoms with Gasteiger partial charge in [0.15, 0.2) is 0 Å². The Labute approximate surface area is 152 Å². The van der Waals surface area contributed by atoms with Gasteiger partial charge in [0.05, 0.1) is 17.3 Å². The highest BCUT2D eigenvalue weighted by Gasteiger charge is 2.19. The van der Waals surface area contributed by atoms with Crippen LogP contribution in [0.3, 0.4) is 0 Å². The number of amides is 2. The first kappa shape index (κ1) is 17.3. The molecule has 1 aliphatic heterocycles. The van der Waals surface area contributed by atoms with Crippen LogP contribution in [-0.4, -0.2) is 31.4 Å². The monoisotopic (exact) mass is 357 g/mol. The second kappa shape index (κ2) is 7.15. The lowest BCUT2D eigenvalue weighted by Gasteiger charge is -2.29. The van der Waals surface area contributed by atoms with Crippen LogP contribution in [-0.2, 0) is 4.79 Å². The fourth-order valence-corrected chi connectivity index (χ4v) is 3.16. The number of anilines is 2. The lowest BCUT2D eigenvalue weighted by Crippen LogP contribution is -2.47. The van der Waals surface area contributed by atoms with Crippen LogP contribution in [0.1, 0.15) is 21.5 Å². The number of carbonyl (C=O) groups excluding carboxylic acids is 2. The molecule has 1 heterocycles. The Morgan fingerprint density at radius 1 is 1.20 bits per heavy atom. The number of halogens is 1. The summed E-state index contributed by atoms with van der Waals surface area (Å²) in [6, 6.07) is 11.1. The van der Waals surface area contributed by atoms with Gasteiger partial charge in [-0.2, -0.15) is 0 Å². The van der Waals surface area contributed by atoms with Crippen LogP contribution < -0.4 is 15.5 Å². The first-order chi connectivity index (χ1) is 11.9. The van der Waals surface area contributed by atoms with Crippen molar-refractivity contribution in [2.75, 3.05) is 29.9 Å². The van der Waals surface area contributed by atoms with Crippen LogP contribution >= 0.6 is 11.6 Å². The van der Waals surface area contributed by atoms with Gasteiger partial charge in [-0.3, -0.25) is 9.59 Å². The van der Waals surface area contributed by atoms with E-state index in [0.29, 0.717) is 29.4 Å². The lowest BCUT2D eigenvalue weighted by molar-refractivity contribution is -0.120. The van der Waals surface area contributed by atoms with E-state index in [0.717, 1.165) is 16.8 Å². The number of hydrogen-bond donors (Lipinski definition) is 2. The van der Waals surface area contributed by atoms with Crippen LogP contribution in [0.25, 0.3) is 0 Å². The first-order valence-corrected chi connectivity index (χ1v) is 8.51. The molecule has 0 atom stereocenters. The Morgan fingerprint density at radius 2 is 2.00 bits per heavy atom. The number of nitrogens with zero attached hydrogens (tertiary/aromatic N) is 1. The number of piperazine rings is 1. The summed E-state index contributed by atoms with van der Waals surface area (Å²) >= 11 is 6.37. The molecule has 0 aliphatic carbocycles. The minimum absolute atomic E-state index is 0.0189. The molecule has 3 rings (SSSR count). The molecule has 130 valence electrons. The quantitative estimate of drug-likeness (QED) is 0.887. The minimum Gasteiger partial charge on any atom is -0.359 e. The third-order valence-corrected chi connectivity index (χ3v) is 4.53. The summed E-state index contributed by atoms with van der Waals surface area (Å²) in [5.41, 5.74) is 4.02. The average Bonchev–Trinajstić information content (AvgIpc) is 2.57. The maximum Gasteiger partial charge on any atom is 0.255 e. The van der Waals surface area contributed by atoms with Crippen LogP contribution in [0.15, 0.2) is 36.4 Å². The normalized spacial score (nSPS) is 14.2. The Balaban J connectivity index is 1.77. The van der Waals surface area contributed by atoms with Crippen LogP contribution in [0, 0.1) is 13.8 Å². The van der Waals surface area contributed by atoms with E-state index in [2.05, 4.69) is 10.6 Å². The van der Waals surface area contributed by atoms with Gasteiger partial charge >= 0.3 is 0 Å². The second-order valence-electron chi connectivity index (χ2n) is 6.21. The molecule has 2 aromatic rings. The Bertz CT molecular complexity index is 835. The molecule has 6 heteroatoms. The summed E-state index contributed by atoms with van der Waals surface area (Å²) in [5.74, 6) is -0.183. The third-order valence-electron chi connectivity index (χ3n) is 4.22. The van der Waals surface area contributed by atoms with Crippen LogP contribution in [0.4, 0.5) is 11.4 Å². The van der Waals surface area contributed by atoms with E-state index in [1.54, 1.807) is 12.1 Å². The van der Waals surface area contributed by atoms with Crippen molar-refractivity contribution < 1.29 is 9.59 Å². The summed E-state index contributed by atoms with van der Waals surface area (Å²) in [5, 5.41) is 6.18. The molecule has 2 aromatic carbocycles. The molecule has 0 aromatic heterocycles. The van der Waals surface area contributed by atoms with E-state index < -0.39 is 0 Å². The van der Waals surface area contributed by atoms with Crippen molar-refractivity contribution in [2.24, 2.45) is 0 Å². The molecule has 1 fully saturated rings. The predicted octanol–water partition coefficient (Wildman–Crippen LogP) is 3.15. The van der Waals surface area contributed by atoms with E-state index in [9.17, 15) is 9.59 Å². The van der Waals surface area contributed by atoms with Crippen molar-refractivity contribution in [1.29, 1.82) is 0 Å². The molecule has 0 unspecified atom stereocenters. The Kier molecular flexibility index (Phi) is 4.95. The van der Waals surface area contributed by atoms with Crippen molar-refractivity contribution in [3.63, 3.8) is 0 Å². The Hall–Kier alpha value is -2.53. The SMILES string of the molecule is Cc1ccc(C)c(C(=O)Nc2ccc(N3CCNC(=O)C3)c(Cl)c2)c1. The van der Waals surface area contributed by atoms with Crippen molar-refractivity contribution in [2.45, 2.75) is 13.8 Å². The predicted molar refractivity (Wildman–Crippen MR) is 101 cm³/mol. The van der Waals surface area contributed by atoms with Crippen molar-refractivity contribution >= 4 is 34.8 Å². The molecular formula is C19H20ClN3O2. The maximum atomic E-state index is 12.5. The van der Waals surface area contributed by atoms with Gasteiger partial charge in [-0.25, -0.2) is 0 Å². The standard InChI is InChI=1S/C19H20ClN3O2/c1-12-3-4-13(2)15(9-12)19(25)22-14-5-6-17(16(20)10-14)23-8-7-21-18(24)11-23/h3-6,9-10H,7-8,11H2,1-2H3,(H,21,24)(H,22,25). The third kappa shape index (κ3) is 3.94.